The van der Waals surface area contributed by atoms with Gasteiger partial charge in [-0.3, -0.25) is 4.79 Å². The fourth-order valence-electron chi connectivity index (χ4n) is 3.24. The average Bonchev–Trinajstić information content (AvgIpc) is 3.11. The number of hydrogen-bond acceptors (Lipinski definition) is 3. The summed E-state index contributed by atoms with van der Waals surface area (Å²) in [6, 6.07) is 10.6. The Bertz CT molecular complexity index is 786. The van der Waals surface area contributed by atoms with E-state index in [0.717, 1.165) is 42.9 Å². The standard InChI is InChI=1S/C21H25FN2O2/c1-15-5-6-20(16(2)11-15)26-10-7-21(25)23-18-12-17(22)13-19(14-18)24-8-3-4-9-24/h5-6,11-14H,3-4,7-10H2,1-2H3,(H,23,25). The molecule has 0 radical (unpaired) electrons. The van der Waals surface area contributed by atoms with Crippen molar-refractivity contribution in [1.29, 1.82) is 0 Å². The summed E-state index contributed by atoms with van der Waals surface area (Å²) in [5.41, 5.74) is 3.53. The first kappa shape index (κ1) is 18.2. The number of anilines is 2. The molecule has 1 aliphatic heterocycles. The lowest BCUT2D eigenvalue weighted by Gasteiger charge is -2.19. The van der Waals surface area contributed by atoms with E-state index < -0.39 is 0 Å². The van der Waals surface area contributed by atoms with E-state index in [1.165, 1.54) is 17.7 Å². The predicted molar refractivity (Wildman–Crippen MR) is 103 cm³/mol. The second kappa shape index (κ2) is 8.21. The molecule has 0 saturated carbocycles. The van der Waals surface area contributed by atoms with Crippen molar-refractivity contribution < 1.29 is 13.9 Å². The van der Waals surface area contributed by atoms with Gasteiger partial charge >= 0.3 is 0 Å². The summed E-state index contributed by atoms with van der Waals surface area (Å²) >= 11 is 0. The lowest BCUT2D eigenvalue weighted by atomic mass is 10.1. The van der Waals surface area contributed by atoms with Crippen LogP contribution in [0.2, 0.25) is 0 Å². The summed E-state index contributed by atoms with van der Waals surface area (Å²) in [5.74, 6) is 0.259. The molecule has 1 saturated heterocycles. The van der Waals surface area contributed by atoms with Gasteiger partial charge in [0.1, 0.15) is 11.6 Å². The zero-order valence-corrected chi connectivity index (χ0v) is 15.3. The molecule has 2 aromatic carbocycles. The number of aryl methyl sites for hydroxylation is 2. The van der Waals surface area contributed by atoms with Gasteiger partial charge in [0.2, 0.25) is 5.91 Å². The number of carbonyl (C=O) groups excluding carboxylic acids is 1. The van der Waals surface area contributed by atoms with Crippen molar-refractivity contribution in [1.82, 2.24) is 0 Å². The molecule has 5 heteroatoms. The smallest absolute Gasteiger partial charge is 0.227 e. The molecular formula is C21H25FN2O2. The van der Waals surface area contributed by atoms with Crippen molar-refractivity contribution in [2.45, 2.75) is 33.1 Å². The highest BCUT2D eigenvalue weighted by atomic mass is 19.1. The van der Waals surface area contributed by atoms with Gasteiger partial charge < -0.3 is 15.0 Å². The maximum absolute atomic E-state index is 13.9. The third kappa shape index (κ3) is 4.75. The molecule has 2 aromatic rings. The van der Waals surface area contributed by atoms with Gasteiger partial charge in [-0.15, -0.1) is 0 Å². The van der Waals surface area contributed by atoms with Crippen molar-refractivity contribution >= 4 is 17.3 Å². The molecule has 1 fully saturated rings. The molecule has 0 atom stereocenters. The van der Waals surface area contributed by atoms with Crippen LogP contribution in [0.3, 0.4) is 0 Å². The maximum atomic E-state index is 13.9. The molecule has 0 aromatic heterocycles. The Morgan fingerprint density at radius 2 is 1.92 bits per heavy atom. The van der Waals surface area contributed by atoms with Crippen LogP contribution >= 0.6 is 0 Å². The zero-order chi connectivity index (χ0) is 18.5. The molecule has 1 heterocycles. The number of nitrogens with zero attached hydrogens (tertiary/aromatic N) is 1. The minimum Gasteiger partial charge on any atom is -0.493 e. The minimum atomic E-state index is -0.337. The fraction of sp³-hybridized carbons (Fsp3) is 0.381. The van der Waals surface area contributed by atoms with Crippen molar-refractivity contribution in [3.05, 3.63) is 53.3 Å². The van der Waals surface area contributed by atoms with Crippen LogP contribution in [0.25, 0.3) is 0 Å². The number of rotatable bonds is 6. The van der Waals surface area contributed by atoms with Gasteiger partial charge in [0, 0.05) is 24.5 Å². The van der Waals surface area contributed by atoms with E-state index in [1.54, 1.807) is 0 Å². The second-order valence-corrected chi connectivity index (χ2v) is 6.81. The third-order valence-corrected chi connectivity index (χ3v) is 4.55. The van der Waals surface area contributed by atoms with Crippen LogP contribution in [-0.2, 0) is 4.79 Å². The highest BCUT2D eigenvalue weighted by Crippen LogP contribution is 2.25. The molecule has 0 spiro atoms. The molecule has 0 unspecified atom stereocenters. The Hall–Kier alpha value is -2.56. The van der Waals surface area contributed by atoms with E-state index in [4.69, 9.17) is 4.74 Å². The van der Waals surface area contributed by atoms with Gasteiger partial charge in [-0.25, -0.2) is 4.39 Å². The van der Waals surface area contributed by atoms with Crippen LogP contribution in [0.15, 0.2) is 36.4 Å². The van der Waals surface area contributed by atoms with E-state index in [9.17, 15) is 9.18 Å². The molecule has 0 bridgehead atoms. The number of amides is 1. The van der Waals surface area contributed by atoms with Crippen LogP contribution in [0.4, 0.5) is 15.8 Å². The van der Waals surface area contributed by atoms with Crippen LogP contribution in [0.1, 0.15) is 30.4 Å². The van der Waals surface area contributed by atoms with Crippen LogP contribution in [0.5, 0.6) is 5.75 Å². The fourth-order valence-corrected chi connectivity index (χ4v) is 3.24. The van der Waals surface area contributed by atoms with Crippen molar-refractivity contribution in [3.8, 4) is 5.75 Å². The summed E-state index contributed by atoms with van der Waals surface area (Å²) in [7, 11) is 0. The van der Waals surface area contributed by atoms with Gasteiger partial charge in [-0.2, -0.15) is 0 Å². The van der Waals surface area contributed by atoms with E-state index >= 15 is 0 Å². The Kier molecular flexibility index (Phi) is 5.76. The number of benzene rings is 2. The first-order valence-electron chi connectivity index (χ1n) is 9.07. The topological polar surface area (TPSA) is 41.6 Å². The summed E-state index contributed by atoms with van der Waals surface area (Å²) < 4.78 is 19.6. The Morgan fingerprint density at radius 1 is 1.15 bits per heavy atom. The molecule has 4 nitrogen and oxygen atoms in total. The SMILES string of the molecule is Cc1ccc(OCCC(=O)Nc2cc(F)cc(N3CCCC3)c2)c(C)c1. The number of nitrogens with one attached hydrogen (secondary N) is 1. The Labute approximate surface area is 154 Å². The van der Waals surface area contributed by atoms with Gasteiger partial charge in [0.15, 0.2) is 0 Å². The van der Waals surface area contributed by atoms with Crippen molar-refractivity contribution in [3.63, 3.8) is 0 Å². The molecule has 138 valence electrons. The number of halogens is 1. The summed E-state index contributed by atoms with van der Waals surface area (Å²) in [6.07, 6.45) is 2.45. The van der Waals surface area contributed by atoms with Crippen LogP contribution in [0, 0.1) is 19.7 Å². The average molecular weight is 356 g/mol. The second-order valence-electron chi connectivity index (χ2n) is 6.81. The van der Waals surface area contributed by atoms with Crippen LogP contribution < -0.4 is 15.0 Å². The molecule has 1 N–H and O–H groups in total. The molecule has 26 heavy (non-hydrogen) atoms. The molecule has 1 aliphatic rings. The highest BCUT2D eigenvalue weighted by molar-refractivity contribution is 5.91. The Morgan fingerprint density at radius 3 is 2.65 bits per heavy atom. The molecular weight excluding hydrogens is 331 g/mol. The number of carbonyl (C=O) groups is 1. The zero-order valence-electron chi connectivity index (χ0n) is 15.3. The van der Waals surface area contributed by atoms with Gasteiger partial charge in [-0.05, 0) is 56.5 Å². The monoisotopic (exact) mass is 356 g/mol. The predicted octanol–water partition coefficient (Wildman–Crippen LogP) is 4.45. The largest absolute Gasteiger partial charge is 0.493 e. The molecule has 1 amide bonds. The van der Waals surface area contributed by atoms with Gasteiger partial charge in [-0.1, -0.05) is 17.7 Å². The van der Waals surface area contributed by atoms with Crippen molar-refractivity contribution in [2.24, 2.45) is 0 Å². The van der Waals surface area contributed by atoms with E-state index in [0.29, 0.717) is 5.69 Å². The Balaban J connectivity index is 1.54. The quantitative estimate of drug-likeness (QED) is 0.831. The number of hydrogen-bond donors (Lipinski definition) is 1. The summed E-state index contributed by atoms with van der Waals surface area (Å²) in [5, 5.41) is 2.77. The highest BCUT2D eigenvalue weighted by Gasteiger charge is 2.14. The first-order valence-corrected chi connectivity index (χ1v) is 9.07. The molecule has 0 aliphatic carbocycles. The van der Waals surface area contributed by atoms with E-state index in [2.05, 4.69) is 10.2 Å². The van der Waals surface area contributed by atoms with E-state index in [1.807, 2.05) is 38.1 Å². The maximum Gasteiger partial charge on any atom is 0.227 e. The van der Waals surface area contributed by atoms with Crippen LogP contribution in [-0.4, -0.2) is 25.6 Å². The minimum absolute atomic E-state index is 0.187. The van der Waals surface area contributed by atoms with E-state index in [-0.39, 0.29) is 24.8 Å². The van der Waals surface area contributed by atoms with Crippen molar-refractivity contribution in [2.75, 3.05) is 29.9 Å². The lowest BCUT2D eigenvalue weighted by Crippen LogP contribution is -2.19. The summed E-state index contributed by atoms with van der Waals surface area (Å²) in [6.45, 7) is 6.15. The third-order valence-electron chi connectivity index (χ3n) is 4.55. The van der Waals surface area contributed by atoms with Gasteiger partial charge in [0.05, 0.1) is 13.0 Å². The normalized spacial score (nSPS) is 13.7. The molecule has 3 rings (SSSR count). The lowest BCUT2D eigenvalue weighted by molar-refractivity contribution is -0.116. The number of ether oxygens (including phenoxy) is 1. The first-order chi connectivity index (χ1) is 12.5. The van der Waals surface area contributed by atoms with Gasteiger partial charge in [0.25, 0.3) is 0 Å². The summed E-state index contributed by atoms with van der Waals surface area (Å²) in [4.78, 5) is 14.3.